The van der Waals surface area contributed by atoms with Gasteiger partial charge >= 0.3 is 6.18 Å². The summed E-state index contributed by atoms with van der Waals surface area (Å²) in [6, 6.07) is 7.78. The highest BCUT2D eigenvalue weighted by molar-refractivity contribution is 6.42. The number of carbonyl (C=O) groups excluding carboxylic acids is 1. The van der Waals surface area contributed by atoms with Gasteiger partial charge in [0, 0.05) is 6.08 Å². The topological polar surface area (TPSA) is 83.6 Å². The second-order valence-corrected chi connectivity index (χ2v) is 7.03. The molecule has 0 aliphatic carbocycles. The maximum Gasteiger partial charge on any atom is 0.412 e. The lowest BCUT2D eigenvalue weighted by molar-refractivity contribution is -0.162. The average molecular weight is 466 g/mol. The van der Waals surface area contributed by atoms with Crippen LogP contribution in [0.5, 0.6) is 0 Å². The molecule has 0 saturated carbocycles. The number of hydrogen-bond acceptors (Lipinski definition) is 4. The second kappa shape index (κ2) is 9.20. The molecule has 1 unspecified atom stereocenters. The molecule has 2 aromatic carbocycles. The van der Waals surface area contributed by atoms with E-state index in [0.29, 0.717) is 11.3 Å². The summed E-state index contributed by atoms with van der Waals surface area (Å²) in [5.41, 5.74) is 0.900. The van der Waals surface area contributed by atoms with E-state index in [1.54, 1.807) is 12.1 Å². The summed E-state index contributed by atoms with van der Waals surface area (Å²) in [4.78, 5) is 16.0. The first-order valence-corrected chi connectivity index (χ1v) is 9.34. The molecular formula is C20H12Cl2F3N5O. The fourth-order valence-corrected chi connectivity index (χ4v) is 2.99. The molecule has 0 aliphatic heterocycles. The lowest BCUT2D eigenvalue weighted by Crippen LogP contribution is -2.37. The SMILES string of the molecule is N#Cc1cc(C=CC(=O)NC(c2ccc(Cl)c(Cl)c2)C(F)(F)F)ccc1-n1cncn1. The first-order valence-electron chi connectivity index (χ1n) is 8.58. The van der Waals surface area contributed by atoms with E-state index in [2.05, 4.69) is 10.1 Å². The van der Waals surface area contributed by atoms with Gasteiger partial charge in [0.25, 0.3) is 0 Å². The molecule has 1 atom stereocenters. The predicted molar refractivity (Wildman–Crippen MR) is 109 cm³/mol. The van der Waals surface area contributed by atoms with Crippen LogP contribution in [0.1, 0.15) is 22.7 Å². The third kappa shape index (κ3) is 5.42. The Morgan fingerprint density at radius 1 is 1.19 bits per heavy atom. The van der Waals surface area contributed by atoms with Gasteiger partial charge in [-0.2, -0.15) is 23.5 Å². The average Bonchev–Trinajstić information content (AvgIpc) is 3.26. The van der Waals surface area contributed by atoms with Gasteiger partial charge in [-0.3, -0.25) is 4.79 Å². The number of amides is 1. The Labute approximate surface area is 184 Å². The van der Waals surface area contributed by atoms with Crippen LogP contribution in [0.15, 0.2) is 55.1 Å². The quantitative estimate of drug-likeness (QED) is 0.544. The van der Waals surface area contributed by atoms with Crippen LogP contribution in [0.2, 0.25) is 10.0 Å². The van der Waals surface area contributed by atoms with E-state index >= 15 is 0 Å². The standard InChI is InChI=1S/C20H12Cl2F3N5O/c21-15-4-3-13(8-16(15)22)19(20(23,24)25)29-18(31)6-2-12-1-5-17(14(7-12)9-26)30-11-27-10-28-30/h1-8,10-11,19H,(H,29,31). The van der Waals surface area contributed by atoms with Gasteiger partial charge in [0.15, 0.2) is 6.04 Å². The summed E-state index contributed by atoms with van der Waals surface area (Å²) < 4.78 is 41.8. The monoisotopic (exact) mass is 465 g/mol. The molecule has 1 amide bonds. The highest BCUT2D eigenvalue weighted by Gasteiger charge is 2.41. The Bertz CT molecular complexity index is 1170. The van der Waals surface area contributed by atoms with E-state index in [1.165, 1.54) is 35.5 Å². The van der Waals surface area contributed by atoms with Gasteiger partial charge in [0.05, 0.1) is 21.3 Å². The van der Waals surface area contributed by atoms with Crippen molar-refractivity contribution in [3.8, 4) is 11.8 Å². The normalized spacial score (nSPS) is 12.5. The Morgan fingerprint density at radius 3 is 2.58 bits per heavy atom. The molecule has 0 saturated heterocycles. The van der Waals surface area contributed by atoms with E-state index in [4.69, 9.17) is 23.2 Å². The van der Waals surface area contributed by atoms with Crippen LogP contribution in [0.3, 0.4) is 0 Å². The summed E-state index contributed by atoms with van der Waals surface area (Å²) in [5, 5.41) is 15.2. The first kappa shape index (κ1) is 22.3. The maximum atomic E-state index is 13.5. The molecular weight excluding hydrogens is 454 g/mol. The number of hydrogen-bond donors (Lipinski definition) is 1. The zero-order chi connectivity index (χ0) is 22.6. The van der Waals surface area contributed by atoms with Crippen LogP contribution in [0, 0.1) is 11.3 Å². The number of nitriles is 1. The van der Waals surface area contributed by atoms with Gasteiger partial charge in [0.1, 0.15) is 18.7 Å². The fourth-order valence-electron chi connectivity index (χ4n) is 2.69. The van der Waals surface area contributed by atoms with Gasteiger partial charge in [-0.1, -0.05) is 35.3 Å². The van der Waals surface area contributed by atoms with Gasteiger partial charge in [-0.25, -0.2) is 9.67 Å². The van der Waals surface area contributed by atoms with Crippen molar-refractivity contribution >= 4 is 35.2 Å². The highest BCUT2D eigenvalue weighted by Crippen LogP contribution is 2.35. The third-order valence-electron chi connectivity index (χ3n) is 4.12. The number of benzene rings is 2. The minimum Gasteiger partial charge on any atom is -0.337 e. The molecule has 0 spiro atoms. The number of nitrogens with zero attached hydrogens (tertiary/aromatic N) is 4. The summed E-state index contributed by atoms with van der Waals surface area (Å²) >= 11 is 11.5. The smallest absolute Gasteiger partial charge is 0.337 e. The summed E-state index contributed by atoms with van der Waals surface area (Å²) in [6.45, 7) is 0. The van der Waals surface area contributed by atoms with Crippen LogP contribution >= 0.6 is 23.2 Å². The number of alkyl halides is 3. The molecule has 1 N–H and O–H groups in total. The number of halogens is 5. The Morgan fingerprint density at radius 2 is 1.97 bits per heavy atom. The summed E-state index contributed by atoms with van der Waals surface area (Å²) in [5.74, 6) is -0.979. The minimum atomic E-state index is -4.76. The van der Waals surface area contributed by atoms with Crippen molar-refractivity contribution in [3.63, 3.8) is 0 Å². The lowest BCUT2D eigenvalue weighted by atomic mass is 10.1. The largest absolute Gasteiger partial charge is 0.412 e. The molecule has 0 aliphatic rings. The zero-order valence-electron chi connectivity index (χ0n) is 15.4. The van der Waals surface area contributed by atoms with Gasteiger partial charge in [-0.15, -0.1) is 0 Å². The maximum absolute atomic E-state index is 13.5. The Kier molecular flexibility index (Phi) is 6.63. The number of carbonyl (C=O) groups is 1. The van der Waals surface area contributed by atoms with Gasteiger partial charge in [0.2, 0.25) is 5.91 Å². The van der Waals surface area contributed by atoms with Crippen LogP contribution in [0.4, 0.5) is 13.2 Å². The van der Waals surface area contributed by atoms with Crippen molar-refractivity contribution in [2.24, 2.45) is 0 Å². The molecule has 6 nitrogen and oxygen atoms in total. The first-order chi connectivity index (χ1) is 14.7. The molecule has 11 heteroatoms. The Balaban J connectivity index is 1.79. The lowest BCUT2D eigenvalue weighted by Gasteiger charge is -2.21. The minimum absolute atomic E-state index is 0.0605. The van der Waals surface area contributed by atoms with Crippen molar-refractivity contribution in [1.82, 2.24) is 20.1 Å². The number of aromatic nitrogens is 3. The predicted octanol–water partition coefficient (Wildman–Crippen LogP) is 4.88. The van der Waals surface area contributed by atoms with Crippen molar-refractivity contribution in [2.75, 3.05) is 0 Å². The second-order valence-electron chi connectivity index (χ2n) is 6.22. The molecule has 31 heavy (non-hydrogen) atoms. The van der Waals surface area contributed by atoms with E-state index in [-0.39, 0.29) is 21.2 Å². The third-order valence-corrected chi connectivity index (χ3v) is 4.86. The van der Waals surface area contributed by atoms with E-state index in [9.17, 15) is 23.2 Å². The molecule has 1 heterocycles. The molecule has 0 bridgehead atoms. The van der Waals surface area contributed by atoms with Crippen LogP contribution in [-0.4, -0.2) is 26.8 Å². The zero-order valence-corrected chi connectivity index (χ0v) is 16.9. The van der Waals surface area contributed by atoms with Crippen molar-refractivity contribution < 1.29 is 18.0 Å². The van der Waals surface area contributed by atoms with Crippen LogP contribution in [0.25, 0.3) is 11.8 Å². The van der Waals surface area contributed by atoms with Crippen molar-refractivity contribution in [3.05, 3.63) is 81.9 Å². The molecule has 3 aromatic rings. The molecule has 1 aromatic heterocycles. The summed E-state index contributed by atoms with van der Waals surface area (Å²) in [7, 11) is 0. The molecule has 3 rings (SSSR count). The van der Waals surface area contributed by atoms with Gasteiger partial charge < -0.3 is 5.32 Å². The summed E-state index contributed by atoms with van der Waals surface area (Å²) in [6.07, 6.45) is 0.212. The molecule has 0 radical (unpaired) electrons. The van der Waals surface area contributed by atoms with Crippen molar-refractivity contribution in [1.29, 1.82) is 5.26 Å². The van der Waals surface area contributed by atoms with Crippen LogP contribution < -0.4 is 5.32 Å². The van der Waals surface area contributed by atoms with Gasteiger partial charge in [-0.05, 0) is 41.5 Å². The van der Waals surface area contributed by atoms with E-state index in [0.717, 1.165) is 18.2 Å². The van der Waals surface area contributed by atoms with Crippen LogP contribution in [-0.2, 0) is 4.79 Å². The fraction of sp³-hybridized carbons (Fsp3) is 0.100. The highest BCUT2D eigenvalue weighted by atomic mass is 35.5. The molecule has 158 valence electrons. The van der Waals surface area contributed by atoms with Crippen molar-refractivity contribution in [2.45, 2.75) is 12.2 Å². The number of nitrogens with one attached hydrogen (secondary N) is 1. The van der Waals surface area contributed by atoms with E-state index in [1.807, 2.05) is 11.4 Å². The Hall–Kier alpha value is -3.35. The molecule has 0 fully saturated rings. The number of rotatable bonds is 5. The van der Waals surface area contributed by atoms with E-state index < -0.39 is 18.1 Å².